The Morgan fingerprint density at radius 1 is 1.06 bits per heavy atom. The fraction of sp³-hybridized carbons (Fsp3) is 0.222. The molecule has 0 saturated carbocycles. The molecule has 0 fully saturated rings. The van der Waals surface area contributed by atoms with Crippen LogP contribution in [0.5, 0.6) is 5.75 Å². The number of likely N-dealkylation sites (N-methyl/N-ethyl adjacent to an activating group) is 1. The third-order valence-corrected chi connectivity index (χ3v) is 6.08. The van der Waals surface area contributed by atoms with Crippen LogP contribution in [0.25, 0.3) is 22.7 Å². The van der Waals surface area contributed by atoms with E-state index >= 15 is 0 Å². The number of dihydropyridines is 1. The number of aromatic amines is 1. The van der Waals surface area contributed by atoms with Gasteiger partial charge in [0.15, 0.2) is 0 Å². The molecule has 7 heteroatoms. The minimum absolute atomic E-state index is 0.635. The molecule has 0 saturated heterocycles. The van der Waals surface area contributed by atoms with Crippen molar-refractivity contribution in [1.82, 2.24) is 20.2 Å². The summed E-state index contributed by atoms with van der Waals surface area (Å²) in [5, 5.41) is 10.1. The van der Waals surface area contributed by atoms with Crippen LogP contribution < -0.4 is 20.6 Å². The third-order valence-electron chi connectivity index (χ3n) is 6.08. The first kappa shape index (κ1) is 21.9. The highest BCUT2D eigenvalue weighted by molar-refractivity contribution is 5.68. The fourth-order valence-electron chi connectivity index (χ4n) is 4.25. The van der Waals surface area contributed by atoms with Crippen molar-refractivity contribution in [3.05, 3.63) is 98.6 Å². The second-order valence-electron chi connectivity index (χ2n) is 8.68. The molecule has 0 amide bonds. The molecule has 0 spiro atoms. The van der Waals surface area contributed by atoms with Gasteiger partial charge in [-0.3, -0.25) is 0 Å². The number of rotatable bonds is 6. The van der Waals surface area contributed by atoms with Gasteiger partial charge in [0.05, 0.1) is 16.4 Å². The molecule has 34 heavy (non-hydrogen) atoms. The van der Waals surface area contributed by atoms with Gasteiger partial charge in [-0.05, 0) is 80.2 Å². The van der Waals surface area contributed by atoms with Gasteiger partial charge in [-0.15, -0.1) is 4.91 Å². The van der Waals surface area contributed by atoms with Crippen molar-refractivity contribution < 1.29 is 4.74 Å². The van der Waals surface area contributed by atoms with Gasteiger partial charge in [0, 0.05) is 40.5 Å². The Morgan fingerprint density at radius 3 is 2.59 bits per heavy atom. The molecule has 2 aliphatic rings. The topological polar surface area (TPSA) is 82.6 Å². The van der Waals surface area contributed by atoms with Crippen LogP contribution in [0.3, 0.4) is 0 Å². The highest BCUT2D eigenvalue weighted by Crippen LogP contribution is 2.20. The lowest BCUT2D eigenvalue weighted by Crippen LogP contribution is -2.19. The number of nitrogens with one attached hydrogen (secondary N) is 2. The predicted molar refractivity (Wildman–Crippen MR) is 134 cm³/mol. The highest BCUT2D eigenvalue weighted by atomic mass is 16.5. The number of aryl methyl sites for hydroxylation is 1. The summed E-state index contributed by atoms with van der Waals surface area (Å²) in [5.41, 5.74) is 3.80. The molecule has 7 nitrogen and oxygen atoms in total. The summed E-state index contributed by atoms with van der Waals surface area (Å²) < 4.78 is 5.83. The molecular weight excluding hydrogens is 426 g/mol. The number of hydrogen-bond acceptors (Lipinski definition) is 6. The van der Waals surface area contributed by atoms with Crippen LogP contribution in [0, 0.1) is 15.5 Å². The van der Waals surface area contributed by atoms with E-state index < -0.39 is 0 Å². The van der Waals surface area contributed by atoms with Crippen LogP contribution >= 0.6 is 0 Å². The van der Waals surface area contributed by atoms with Gasteiger partial charge in [-0.2, -0.15) is 0 Å². The summed E-state index contributed by atoms with van der Waals surface area (Å²) in [7, 11) is 4.06. The minimum atomic E-state index is 0.635. The van der Waals surface area contributed by atoms with E-state index in [1.807, 2.05) is 75.0 Å². The number of ether oxygens (including phenoxy) is 1. The average Bonchev–Trinajstić information content (AvgIpc) is 3.49. The number of nitrogens with zero attached hydrogens (tertiary/aromatic N) is 3. The van der Waals surface area contributed by atoms with Crippen LogP contribution in [-0.4, -0.2) is 42.1 Å². The van der Waals surface area contributed by atoms with E-state index in [2.05, 4.69) is 26.4 Å². The monoisotopic (exact) mass is 453 g/mol. The summed E-state index contributed by atoms with van der Waals surface area (Å²) in [6.45, 7) is 1.51. The summed E-state index contributed by atoms with van der Waals surface area (Å²) in [6, 6.07) is 14.1. The lowest BCUT2D eigenvalue weighted by atomic mass is 10.1. The maximum Gasteiger partial charge on any atom is 0.138 e. The number of nitroso groups, excluding NO2 is 1. The molecule has 172 valence electrons. The molecule has 1 aliphatic heterocycles. The summed E-state index contributed by atoms with van der Waals surface area (Å²) in [5.74, 6) is 1.63. The smallest absolute Gasteiger partial charge is 0.138 e. The lowest BCUT2D eigenvalue weighted by molar-refractivity contribution is 0.261. The van der Waals surface area contributed by atoms with E-state index in [0.717, 1.165) is 62.4 Å². The number of hydrogen-bond donors (Lipinski definition) is 2. The van der Waals surface area contributed by atoms with Crippen LogP contribution in [0.2, 0.25) is 0 Å². The molecule has 5 rings (SSSR count). The second kappa shape index (κ2) is 9.49. The minimum Gasteiger partial charge on any atom is -0.492 e. The molecule has 0 bridgehead atoms. The van der Waals surface area contributed by atoms with Crippen LogP contribution in [0.15, 0.2) is 72.2 Å². The zero-order valence-corrected chi connectivity index (χ0v) is 19.3. The van der Waals surface area contributed by atoms with Crippen LogP contribution in [0.4, 0.5) is 0 Å². The van der Waals surface area contributed by atoms with E-state index in [4.69, 9.17) is 9.72 Å². The van der Waals surface area contributed by atoms with Gasteiger partial charge in [-0.1, -0.05) is 12.1 Å². The molecule has 2 aromatic carbocycles. The van der Waals surface area contributed by atoms with E-state index in [-0.39, 0.29) is 0 Å². The zero-order chi connectivity index (χ0) is 23.5. The number of fused-ring (bicyclic) bond motifs is 1. The molecule has 3 aromatic rings. The number of H-pyrrole nitrogens is 1. The van der Waals surface area contributed by atoms with Gasteiger partial charge < -0.3 is 19.9 Å². The largest absolute Gasteiger partial charge is 0.492 e. The van der Waals surface area contributed by atoms with E-state index in [1.165, 1.54) is 0 Å². The van der Waals surface area contributed by atoms with Crippen molar-refractivity contribution in [3.63, 3.8) is 0 Å². The van der Waals surface area contributed by atoms with Crippen LogP contribution in [0.1, 0.15) is 12.0 Å². The van der Waals surface area contributed by atoms with Crippen molar-refractivity contribution in [2.75, 3.05) is 27.2 Å². The van der Waals surface area contributed by atoms with Crippen molar-refractivity contribution >= 4 is 11.3 Å². The van der Waals surface area contributed by atoms with E-state index in [9.17, 15) is 4.91 Å². The Morgan fingerprint density at radius 2 is 1.85 bits per heavy atom. The van der Waals surface area contributed by atoms with Crippen molar-refractivity contribution in [1.29, 1.82) is 0 Å². The first-order valence-electron chi connectivity index (χ1n) is 11.4. The lowest BCUT2D eigenvalue weighted by Gasteiger charge is -2.11. The highest BCUT2D eigenvalue weighted by Gasteiger charge is 2.13. The normalized spacial score (nSPS) is 15.5. The average molecular weight is 454 g/mol. The number of imidazole rings is 1. The van der Waals surface area contributed by atoms with Gasteiger partial charge in [0.1, 0.15) is 18.2 Å². The first-order valence-corrected chi connectivity index (χ1v) is 11.4. The molecule has 2 heterocycles. The molecule has 0 radical (unpaired) electrons. The standard InChI is InChI=1S/C27H27N5O2/c1-32(2)15-16-34-22-7-3-19(4-8-22)27-29-25(18-11-13-28-14-12-18)26(30-27)21-5-9-23-20(17-21)6-10-24(23)31-33/h3-5,7-9,11-14,17,28H,6,10,15-16H2,1-2H3,(H,29,30)/b26-21+. The molecule has 1 aliphatic carbocycles. The molecule has 1 aromatic heterocycles. The Labute approximate surface area is 197 Å². The Kier molecular flexibility index (Phi) is 6.10. The SMILES string of the molecule is CN(C)CCOc1ccc(-c2n/c(=c3\ccc4c(c3)CCC=4N=O)c(=C3C=CNC=C3)[nH]2)cc1. The zero-order valence-electron chi connectivity index (χ0n) is 19.3. The summed E-state index contributed by atoms with van der Waals surface area (Å²) in [6.07, 6.45) is 9.37. The van der Waals surface area contributed by atoms with Crippen molar-refractivity contribution in [2.24, 2.45) is 5.18 Å². The summed E-state index contributed by atoms with van der Waals surface area (Å²) in [4.78, 5) is 21.7. The maximum atomic E-state index is 11.1. The van der Waals surface area contributed by atoms with E-state index in [0.29, 0.717) is 18.7 Å². The molecule has 0 unspecified atom stereocenters. The van der Waals surface area contributed by atoms with Crippen molar-refractivity contribution in [3.8, 4) is 17.1 Å². The summed E-state index contributed by atoms with van der Waals surface area (Å²) >= 11 is 0. The van der Waals surface area contributed by atoms with Gasteiger partial charge in [0.2, 0.25) is 0 Å². The van der Waals surface area contributed by atoms with Crippen LogP contribution in [-0.2, 0) is 6.42 Å². The Balaban J connectivity index is 1.62. The molecule has 2 N–H and O–H groups in total. The third kappa shape index (κ3) is 4.43. The van der Waals surface area contributed by atoms with Gasteiger partial charge in [-0.25, -0.2) is 4.98 Å². The van der Waals surface area contributed by atoms with Gasteiger partial charge >= 0.3 is 0 Å². The van der Waals surface area contributed by atoms with Crippen molar-refractivity contribution in [2.45, 2.75) is 12.8 Å². The number of benzene rings is 2. The molecule has 0 atom stereocenters. The predicted octanol–water partition coefficient (Wildman–Crippen LogP) is 2.91. The number of allylic oxidation sites excluding steroid dienone is 2. The van der Waals surface area contributed by atoms with E-state index in [1.54, 1.807) is 0 Å². The quantitative estimate of drug-likeness (QED) is 0.561. The second-order valence-corrected chi connectivity index (χ2v) is 8.68. The van der Waals surface area contributed by atoms with Gasteiger partial charge in [0.25, 0.3) is 0 Å². The Hall–Kier alpha value is -3.97. The first-order chi connectivity index (χ1) is 16.6. The number of aromatic nitrogens is 2. The Bertz CT molecular complexity index is 1480. The maximum absolute atomic E-state index is 11.1. The fourth-order valence-corrected chi connectivity index (χ4v) is 4.25. The molecular formula is C27H27N5O2.